The molecule has 1 aliphatic rings. The summed E-state index contributed by atoms with van der Waals surface area (Å²) in [5.41, 5.74) is 8.59. The molecule has 1 saturated heterocycles. The first kappa shape index (κ1) is 14.7. The highest BCUT2D eigenvalue weighted by atomic mass is 35.5. The quantitative estimate of drug-likeness (QED) is 0.569. The van der Waals surface area contributed by atoms with Crippen LogP contribution in [0.2, 0.25) is 5.28 Å². The Morgan fingerprint density at radius 1 is 1.17 bits per heavy atom. The smallest absolute Gasteiger partial charge is 0.224 e. The number of thiophene rings is 1. The standard InChI is InChI=1S/C16H15ClN4OS/c17-16-19-12-9-13(10-2-1-3-11(18)8-10)23-14(12)15(20-16)21-4-6-22-7-5-21/h1-3,8-9H,4-7,18H2. The Balaban J connectivity index is 1.84. The van der Waals surface area contributed by atoms with Gasteiger partial charge in [0, 0.05) is 23.7 Å². The van der Waals surface area contributed by atoms with Crippen LogP contribution in [0.4, 0.5) is 11.5 Å². The molecule has 0 unspecified atom stereocenters. The molecule has 4 rings (SSSR count). The number of aromatic nitrogens is 2. The van der Waals surface area contributed by atoms with Gasteiger partial charge in [0.1, 0.15) is 0 Å². The Morgan fingerprint density at radius 2 is 2.00 bits per heavy atom. The average Bonchev–Trinajstić information content (AvgIpc) is 2.99. The fourth-order valence-electron chi connectivity index (χ4n) is 2.71. The van der Waals surface area contributed by atoms with Gasteiger partial charge in [-0.15, -0.1) is 11.3 Å². The van der Waals surface area contributed by atoms with Gasteiger partial charge >= 0.3 is 0 Å². The number of rotatable bonds is 2. The first-order chi connectivity index (χ1) is 11.2. The van der Waals surface area contributed by atoms with E-state index in [4.69, 9.17) is 22.1 Å². The zero-order chi connectivity index (χ0) is 15.8. The van der Waals surface area contributed by atoms with Crippen molar-refractivity contribution < 1.29 is 4.74 Å². The van der Waals surface area contributed by atoms with Crippen molar-refractivity contribution >= 4 is 44.7 Å². The van der Waals surface area contributed by atoms with Gasteiger partial charge in [-0.1, -0.05) is 12.1 Å². The van der Waals surface area contributed by atoms with E-state index < -0.39 is 0 Å². The van der Waals surface area contributed by atoms with E-state index in [1.165, 1.54) is 0 Å². The first-order valence-electron chi connectivity index (χ1n) is 7.36. The maximum Gasteiger partial charge on any atom is 0.224 e. The number of fused-ring (bicyclic) bond motifs is 1. The fourth-order valence-corrected chi connectivity index (χ4v) is 3.99. The lowest BCUT2D eigenvalue weighted by atomic mass is 10.1. The Hall–Kier alpha value is -1.89. The van der Waals surface area contributed by atoms with Gasteiger partial charge in [0.25, 0.3) is 0 Å². The van der Waals surface area contributed by atoms with E-state index in [1.807, 2.05) is 30.3 Å². The molecule has 1 aromatic carbocycles. The normalized spacial score (nSPS) is 15.3. The summed E-state index contributed by atoms with van der Waals surface area (Å²) in [6.07, 6.45) is 0. The van der Waals surface area contributed by atoms with Crippen molar-refractivity contribution in [3.8, 4) is 10.4 Å². The molecule has 5 nitrogen and oxygen atoms in total. The number of morpholine rings is 1. The van der Waals surface area contributed by atoms with Crippen LogP contribution in [0.15, 0.2) is 30.3 Å². The van der Waals surface area contributed by atoms with Crippen molar-refractivity contribution in [1.29, 1.82) is 0 Å². The molecule has 1 aliphatic heterocycles. The molecular formula is C16H15ClN4OS. The van der Waals surface area contributed by atoms with Gasteiger partial charge < -0.3 is 15.4 Å². The summed E-state index contributed by atoms with van der Waals surface area (Å²) < 4.78 is 6.47. The minimum Gasteiger partial charge on any atom is -0.399 e. The van der Waals surface area contributed by atoms with E-state index in [0.717, 1.165) is 45.3 Å². The molecule has 1 fully saturated rings. The van der Waals surface area contributed by atoms with Crippen molar-refractivity contribution in [2.24, 2.45) is 0 Å². The molecule has 0 saturated carbocycles. The number of nitrogens with two attached hydrogens (primary N) is 1. The number of hydrogen-bond acceptors (Lipinski definition) is 6. The summed E-state index contributed by atoms with van der Waals surface area (Å²) in [5, 5.41) is 0.274. The molecule has 0 spiro atoms. The second-order valence-electron chi connectivity index (χ2n) is 5.37. The van der Waals surface area contributed by atoms with E-state index in [2.05, 4.69) is 14.9 Å². The summed E-state index contributed by atoms with van der Waals surface area (Å²) in [5.74, 6) is 0.892. The van der Waals surface area contributed by atoms with Crippen LogP contribution < -0.4 is 10.6 Å². The second kappa shape index (κ2) is 5.96. The molecule has 118 valence electrons. The molecule has 23 heavy (non-hydrogen) atoms. The molecule has 2 aromatic heterocycles. The number of nitrogen functional groups attached to an aromatic ring is 1. The largest absolute Gasteiger partial charge is 0.399 e. The van der Waals surface area contributed by atoms with Crippen LogP contribution in [0, 0.1) is 0 Å². The number of halogens is 1. The molecule has 0 aliphatic carbocycles. The maximum atomic E-state index is 6.13. The molecule has 0 radical (unpaired) electrons. The average molecular weight is 347 g/mol. The van der Waals surface area contributed by atoms with Crippen molar-refractivity contribution in [3.05, 3.63) is 35.6 Å². The Morgan fingerprint density at radius 3 is 2.78 bits per heavy atom. The van der Waals surface area contributed by atoms with Gasteiger partial charge in [-0.05, 0) is 35.4 Å². The van der Waals surface area contributed by atoms with E-state index in [9.17, 15) is 0 Å². The number of nitrogens with zero attached hydrogens (tertiary/aromatic N) is 3. The lowest BCUT2D eigenvalue weighted by Crippen LogP contribution is -2.36. The third-order valence-electron chi connectivity index (χ3n) is 3.81. The minimum atomic E-state index is 0.274. The summed E-state index contributed by atoms with van der Waals surface area (Å²) in [6, 6.07) is 9.90. The Bertz CT molecular complexity index is 860. The molecule has 7 heteroatoms. The number of benzene rings is 1. The first-order valence-corrected chi connectivity index (χ1v) is 8.56. The van der Waals surface area contributed by atoms with Crippen molar-refractivity contribution in [2.45, 2.75) is 0 Å². The van der Waals surface area contributed by atoms with Gasteiger partial charge in [0.2, 0.25) is 5.28 Å². The molecular weight excluding hydrogens is 332 g/mol. The second-order valence-corrected chi connectivity index (χ2v) is 6.76. The van der Waals surface area contributed by atoms with Crippen molar-refractivity contribution in [1.82, 2.24) is 9.97 Å². The molecule has 2 N–H and O–H groups in total. The topological polar surface area (TPSA) is 64.3 Å². The molecule has 3 aromatic rings. The van der Waals surface area contributed by atoms with Crippen LogP contribution in [0.25, 0.3) is 20.7 Å². The fraction of sp³-hybridized carbons (Fsp3) is 0.250. The molecule has 0 amide bonds. The number of hydrogen-bond donors (Lipinski definition) is 1. The molecule has 3 heterocycles. The van der Waals surface area contributed by atoms with Crippen LogP contribution in [0.5, 0.6) is 0 Å². The zero-order valence-corrected chi connectivity index (χ0v) is 13.9. The van der Waals surface area contributed by atoms with E-state index in [0.29, 0.717) is 13.2 Å². The lowest BCUT2D eigenvalue weighted by molar-refractivity contribution is 0.122. The number of ether oxygens (including phenoxy) is 1. The summed E-state index contributed by atoms with van der Waals surface area (Å²) in [7, 11) is 0. The summed E-state index contributed by atoms with van der Waals surface area (Å²) in [4.78, 5) is 12.2. The Kier molecular flexibility index (Phi) is 3.80. The molecule has 0 bridgehead atoms. The third-order valence-corrected chi connectivity index (χ3v) is 5.15. The minimum absolute atomic E-state index is 0.274. The van der Waals surface area contributed by atoms with Crippen molar-refractivity contribution in [3.63, 3.8) is 0 Å². The van der Waals surface area contributed by atoms with Gasteiger partial charge in [-0.2, -0.15) is 4.98 Å². The highest BCUT2D eigenvalue weighted by Gasteiger charge is 2.19. The van der Waals surface area contributed by atoms with E-state index in [1.54, 1.807) is 11.3 Å². The zero-order valence-electron chi connectivity index (χ0n) is 12.3. The number of anilines is 2. The molecule has 0 atom stereocenters. The van der Waals surface area contributed by atoms with Crippen LogP contribution in [0.3, 0.4) is 0 Å². The predicted molar refractivity (Wildman–Crippen MR) is 95.3 cm³/mol. The van der Waals surface area contributed by atoms with Crippen LogP contribution in [-0.2, 0) is 4.74 Å². The SMILES string of the molecule is Nc1cccc(-c2cc3nc(Cl)nc(N4CCOCC4)c3s2)c1. The summed E-state index contributed by atoms with van der Waals surface area (Å²) in [6.45, 7) is 3.04. The highest BCUT2D eigenvalue weighted by Crippen LogP contribution is 2.38. The summed E-state index contributed by atoms with van der Waals surface area (Å²) >= 11 is 7.79. The van der Waals surface area contributed by atoms with E-state index in [-0.39, 0.29) is 5.28 Å². The highest BCUT2D eigenvalue weighted by molar-refractivity contribution is 7.22. The lowest BCUT2D eigenvalue weighted by Gasteiger charge is -2.28. The van der Waals surface area contributed by atoms with E-state index >= 15 is 0 Å². The van der Waals surface area contributed by atoms with Crippen LogP contribution in [-0.4, -0.2) is 36.3 Å². The van der Waals surface area contributed by atoms with Gasteiger partial charge in [0.15, 0.2) is 5.82 Å². The predicted octanol–water partition coefficient (Wildman–Crippen LogP) is 3.43. The van der Waals surface area contributed by atoms with Crippen LogP contribution in [0.1, 0.15) is 0 Å². The van der Waals surface area contributed by atoms with Gasteiger partial charge in [-0.3, -0.25) is 0 Å². The maximum absolute atomic E-state index is 6.13. The van der Waals surface area contributed by atoms with Gasteiger partial charge in [-0.25, -0.2) is 4.98 Å². The monoisotopic (exact) mass is 346 g/mol. The Labute approximate surface area is 142 Å². The van der Waals surface area contributed by atoms with Gasteiger partial charge in [0.05, 0.1) is 23.4 Å². The van der Waals surface area contributed by atoms with Crippen molar-refractivity contribution in [2.75, 3.05) is 36.9 Å². The van der Waals surface area contributed by atoms with Crippen LogP contribution >= 0.6 is 22.9 Å². The third kappa shape index (κ3) is 2.85.